The maximum Gasteiger partial charge on any atom is 0.271 e. The number of hydrogen-bond acceptors (Lipinski definition) is 6. The van der Waals surface area contributed by atoms with E-state index in [9.17, 15) is 20.0 Å². The molecular formula is C15H13N3O5. The lowest BCUT2D eigenvalue weighted by Crippen LogP contribution is -2.17. The van der Waals surface area contributed by atoms with Crippen LogP contribution in [0.3, 0.4) is 0 Å². The number of amides is 1. The van der Waals surface area contributed by atoms with Crippen molar-refractivity contribution in [1.29, 1.82) is 0 Å². The number of hydrogen-bond donors (Lipinski definition) is 2. The van der Waals surface area contributed by atoms with Crippen molar-refractivity contribution >= 4 is 17.8 Å². The van der Waals surface area contributed by atoms with Crippen LogP contribution in [0.5, 0.6) is 11.5 Å². The second kappa shape index (κ2) is 7.03. The number of nitrogens with one attached hydrogen (secondary N) is 1. The predicted octanol–water partition coefficient (Wildman–Crippen LogP) is 2.07. The zero-order valence-electron chi connectivity index (χ0n) is 12.1. The van der Waals surface area contributed by atoms with E-state index < -0.39 is 10.8 Å². The first-order chi connectivity index (χ1) is 11.0. The number of non-ortho nitro benzene ring substituents is 1. The van der Waals surface area contributed by atoms with Gasteiger partial charge in [0.15, 0.2) is 0 Å². The zero-order valence-corrected chi connectivity index (χ0v) is 12.1. The van der Waals surface area contributed by atoms with Crippen molar-refractivity contribution in [2.45, 2.75) is 0 Å². The number of benzene rings is 2. The average molecular weight is 315 g/mol. The molecule has 2 rings (SSSR count). The van der Waals surface area contributed by atoms with Gasteiger partial charge < -0.3 is 9.84 Å². The van der Waals surface area contributed by atoms with Gasteiger partial charge in [-0.1, -0.05) is 0 Å². The molecule has 0 aliphatic heterocycles. The number of rotatable bonds is 5. The molecule has 0 bridgehead atoms. The number of phenols is 1. The predicted molar refractivity (Wildman–Crippen MR) is 82.8 cm³/mol. The number of carbonyl (C=O) groups is 1. The fraction of sp³-hybridized carbons (Fsp3) is 0.0667. The van der Waals surface area contributed by atoms with E-state index in [-0.39, 0.29) is 17.0 Å². The topological polar surface area (TPSA) is 114 Å². The molecule has 0 radical (unpaired) electrons. The molecule has 0 atom stereocenters. The Morgan fingerprint density at radius 2 is 2.00 bits per heavy atom. The Kier molecular flexibility index (Phi) is 4.88. The van der Waals surface area contributed by atoms with Crippen LogP contribution in [-0.2, 0) is 0 Å². The third kappa shape index (κ3) is 4.03. The quantitative estimate of drug-likeness (QED) is 0.498. The number of carbonyl (C=O) groups excluding carboxylic acids is 1. The van der Waals surface area contributed by atoms with E-state index in [1.165, 1.54) is 43.7 Å². The van der Waals surface area contributed by atoms with Crippen LogP contribution in [0.25, 0.3) is 0 Å². The van der Waals surface area contributed by atoms with E-state index in [4.69, 9.17) is 4.74 Å². The van der Waals surface area contributed by atoms with Gasteiger partial charge in [-0.05, 0) is 24.3 Å². The van der Waals surface area contributed by atoms with Gasteiger partial charge in [0, 0.05) is 29.3 Å². The third-order valence-electron chi connectivity index (χ3n) is 2.95. The molecule has 2 aromatic carbocycles. The summed E-state index contributed by atoms with van der Waals surface area (Å²) in [6, 6.07) is 9.75. The molecule has 0 unspecified atom stereocenters. The van der Waals surface area contributed by atoms with Gasteiger partial charge in [0.05, 0.1) is 18.2 Å². The number of aromatic hydroxyl groups is 1. The van der Waals surface area contributed by atoms with Gasteiger partial charge >= 0.3 is 0 Å². The minimum atomic E-state index is -0.549. The maximum absolute atomic E-state index is 11.8. The van der Waals surface area contributed by atoms with E-state index >= 15 is 0 Å². The van der Waals surface area contributed by atoms with Gasteiger partial charge in [-0.2, -0.15) is 5.10 Å². The molecule has 0 spiro atoms. The van der Waals surface area contributed by atoms with Crippen molar-refractivity contribution in [2.24, 2.45) is 5.10 Å². The second-order valence-electron chi connectivity index (χ2n) is 4.43. The molecule has 118 valence electrons. The summed E-state index contributed by atoms with van der Waals surface area (Å²) in [6.07, 6.45) is 1.28. The number of phenolic OH excluding ortho intramolecular Hbond substituents is 1. The molecule has 1 amide bonds. The van der Waals surface area contributed by atoms with Gasteiger partial charge in [-0.3, -0.25) is 14.9 Å². The number of nitro groups is 1. The average Bonchev–Trinajstić information content (AvgIpc) is 2.56. The smallest absolute Gasteiger partial charge is 0.271 e. The van der Waals surface area contributed by atoms with Crippen molar-refractivity contribution in [2.75, 3.05) is 7.11 Å². The lowest BCUT2D eigenvalue weighted by Gasteiger charge is -2.03. The number of ether oxygens (including phenoxy) is 1. The van der Waals surface area contributed by atoms with Crippen LogP contribution in [-0.4, -0.2) is 29.3 Å². The Hall–Kier alpha value is -3.42. The highest BCUT2D eigenvalue weighted by Gasteiger charge is 2.08. The number of nitro benzene ring substituents is 1. The van der Waals surface area contributed by atoms with Crippen LogP contribution in [0.2, 0.25) is 0 Å². The fourth-order valence-corrected chi connectivity index (χ4v) is 1.72. The van der Waals surface area contributed by atoms with Crippen molar-refractivity contribution in [1.82, 2.24) is 5.43 Å². The normalized spacial score (nSPS) is 10.5. The molecule has 0 saturated carbocycles. The highest BCUT2D eigenvalue weighted by atomic mass is 16.6. The standard InChI is InChI=1S/C15H13N3O5/c1-23-13-7-4-11(14(19)8-13)9-16-17-15(20)10-2-5-12(6-3-10)18(21)22/h2-9,19H,1H3,(H,17,20). The summed E-state index contributed by atoms with van der Waals surface area (Å²) in [5.41, 5.74) is 2.79. The van der Waals surface area contributed by atoms with Crippen molar-refractivity contribution in [3.63, 3.8) is 0 Å². The summed E-state index contributed by atoms with van der Waals surface area (Å²) in [5.74, 6) is -0.0728. The van der Waals surface area contributed by atoms with Crippen LogP contribution in [0.15, 0.2) is 47.6 Å². The van der Waals surface area contributed by atoms with Crippen LogP contribution in [0, 0.1) is 10.1 Å². The molecule has 8 heteroatoms. The highest BCUT2D eigenvalue weighted by molar-refractivity contribution is 5.95. The molecule has 0 aromatic heterocycles. The maximum atomic E-state index is 11.8. The van der Waals surface area contributed by atoms with E-state index in [1.54, 1.807) is 12.1 Å². The summed E-state index contributed by atoms with van der Waals surface area (Å²) >= 11 is 0. The largest absolute Gasteiger partial charge is 0.507 e. The first-order valence-electron chi connectivity index (χ1n) is 6.46. The Bertz CT molecular complexity index is 756. The molecule has 0 fully saturated rings. The molecule has 0 heterocycles. The van der Waals surface area contributed by atoms with Crippen LogP contribution >= 0.6 is 0 Å². The fourth-order valence-electron chi connectivity index (χ4n) is 1.72. The van der Waals surface area contributed by atoms with Gasteiger partial charge in [0.2, 0.25) is 0 Å². The molecule has 0 aliphatic rings. The number of nitrogens with zero attached hydrogens (tertiary/aromatic N) is 2. The van der Waals surface area contributed by atoms with Gasteiger partial charge in [-0.15, -0.1) is 0 Å². The summed E-state index contributed by atoms with van der Waals surface area (Å²) < 4.78 is 4.95. The van der Waals surface area contributed by atoms with Crippen LogP contribution in [0.4, 0.5) is 5.69 Å². The van der Waals surface area contributed by atoms with Crippen LogP contribution < -0.4 is 10.2 Å². The molecule has 8 nitrogen and oxygen atoms in total. The van der Waals surface area contributed by atoms with Gasteiger partial charge in [0.25, 0.3) is 11.6 Å². The Morgan fingerprint density at radius 3 is 2.57 bits per heavy atom. The van der Waals surface area contributed by atoms with Crippen molar-refractivity contribution < 1.29 is 19.6 Å². The lowest BCUT2D eigenvalue weighted by molar-refractivity contribution is -0.384. The van der Waals surface area contributed by atoms with Crippen LogP contribution in [0.1, 0.15) is 15.9 Å². The second-order valence-corrected chi connectivity index (χ2v) is 4.43. The monoisotopic (exact) mass is 315 g/mol. The van der Waals surface area contributed by atoms with E-state index in [0.29, 0.717) is 11.3 Å². The highest BCUT2D eigenvalue weighted by Crippen LogP contribution is 2.21. The number of methoxy groups -OCH3 is 1. The molecular weight excluding hydrogens is 302 g/mol. The van der Waals surface area contributed by atoms with E-state index in [2.05, 4.69) is 10.5 Å². The molecule has 0 aliphatic carbocycles. The van der Waals surface area contributed by atoms with E-state index in [0.717, 1.165) is 0 Å². The molecule has 0 saturated heterocycles. The lowest BCUT2D eigenvalue weighted by atomic mass is 10.2. The number of hydrazone groups is 1. The first kappa shape index (κ1) is 16.0. The summed E-state index contributed by atoms with van der Waals surface area (Å²) in [5, 5.41) is 24.0. The zero-order chi connectivity index (χ0) is 16.8. The van der Waals surface area contributed by atoms with Gasteiger partial charge in [0.1, 0.15) is 11.5 Å². The van der Waals surface area contributed by atoms with Crippen molar-refractivity contribution in [3.8, 4) is 11.5 Å². The minimum absolute atomic E-state index is 0.0438. The van der Waals surface area contributed by atoms with Gasteiger partial charge in [-0.25, -0.2) is 5.43 Å². The Morgan fingerprint density at radius 1 is 1.30 bits per heavy atom. The Labute approximate surface area is 131 Å². The van der Waals surface area contributed by atoms with E-state index in [1.807, 2.05) is 0 Å². The molecule has 2 aromatic rings. The summed E-state index contributed by atoms with van der Waals surface area (Å²) in [7, 11) is 1.48. The third-order valence-corrected chi connectivity index (χ3v) is 2.95. The first-order valence-corrected chi connectivity index (χ1v) is 6.46. The molecule has 2 N–H and O–H groups in total. The Balaban J connectivity index is 2.02. The SMILES string of the molecule is COc1ccc(C=NNC(=O)c2ccc([N+](=O)[O-])cc2)c(O)c1. The van der Waals surface area contributed by atoms with Crippen molar-refractivity contribution in [3.05, 3.63) is 63.7 Å². The summed E-state index contributed by atoms with van der Waals surface area (Å²) in [4.78, 5) is 21.8. The molecule has 23 heavy (non-hydrogen) atoms. The summed E-state index contributed by atoms with van der Waals surface area (Å²) in [6.45, 7) is 0. The minimum Gasteiger partial charge on any atom is -0.507 e.